The van der Waals surface area contributed by atoms with Crippen molar-refractivity contribution in [2.45, 2.75) is 19.5 Å². The number of rotatable bonds is 3. The van der Waals surface area contributed by atoms with Crippen molar-refractivity contribution in [1.82, 2.24) is 29.7 Å². The Kier molecular flexibility index (Phi) is 3.46. The van der Waals surface area contributed by atoms with Gasteiger partial charge in [0.05, 0.1) is 13.3 Å². The lowest BCUT2D eigenvalue weighted by atomic mass is 10.0. The van der Waals surface area contributed by atoms with Crippen LogP contribution in [0.4, 0.5) is 0 Å². The van der Waals surface area contributed by atoms with E-state index in [2.05, 4.69) is 27.4 Å². The largest absolute Gasteiger partial charge is 0.468 e. The fourth-order valence-corrected chi connectivity index (χ4v) is 2.60. The van der Waals surface area contributed by atoms with Crippen molar-refractivity contribution in [1.29, 1.82) is 0 Å². The van der Waals surface area contributed by atoms with Crippen LogP contribution in [-0.4, -0.2) is 56.3 Å². The van der Waals surface area contributed by atoms with Crippen LogP contribution in [-0.2, 0) is 36.1 Å². The number of aryl methyl sites for hydroxylation is 1. The molecule has 0 atom stereocenters. The molecule has 8 heteroatoms. The van der Waals surface area contributed by atoms with E-state index in [0.29, 0.717) is 0 Å². The van der Waals surface area contributed by atoms with Crippen LogP contribution in [0.1, 0.15) is 11.3 Å². The van der Waals surface area contributed by atoms with Gasteiger partial charge in [-0.25, -0.2) is 0 Å². The Morgan fingerprint density at radius 2 is 2.24 bits per heavy atom. The van der Waals surface area contributed by atoms with E-state index < -0.39 is 0 Å². The van der Waals surface area contributed by atoms with E-state index in [9.17, 15) is 4.79 Å². The number of esters is 1. The van der Waals surface area contributed by atoms with Crippen LogP contribution >= 0.6 is 0 Å². The highest BCUT2D eigenvalue weighted by atomic mass is 16.5. The van der Waals surface area contributed by atoms with Gasteiger partial charge in [-0.05, 0) is 7.05 Å². The standard InChI is InChI=1S/C13H18N6O2/c1-17-5-4-11-9(6-17)13(10-7-18(2)16-14-10)15-19(11)8-12(20)21-3/h7H,4-6,8H2,1-3H3. The van der Waals surface area contributed by atoms with Crippen molar-refractivity contribution in [3.05, 3.63) is 17.5 Å². The van der Waals surface area contributed by atoms with E-state index in [1.807, 2.05) is 13.2 Å². The average molecular weight is 290 g/mol. The number of nitrogens with zero attached hydrogens (tertiary/aromatic N) is 6. The highest BCUT2D eigenvalue weighted by molar-refractivity contribution is 5.69. The van der Waals surface area contributed by atoms with Crippen LogP contribution in [0.15, 0.2) is 6.20 Å². The maximum absolute atomic E-state index is 11.6. The summed E-state index contributed by atoms with van der Waals surface area (Å²) in [5.74, 6) is -0.301. The number of likely N-dealkylation sites (N-methyl/N-ethyl adjacent to an activating group) is 1. The summed E-state index contributed by atoms with van der Waals surface area (Å²) in [6, 6.07) is 0. The molecule has 1 aliphatic heterocycles. The predicted molar refractivity (Wildman–Crippen MR) is 74.3 cm³/mol. The summed E-state index contributed by atoms with van der Waals surface area (Å²) in [7, 11) is 5.27. The number of carbonyl (C=O) groups excluding carboxylic acids is 1. The van der Waals surface area contributed by atoms with Crippen LogP contribution < -0.4 is 0 Å². The van der Waals surface area contributed by atoms with Crippen LogP contribution in [0.5, 0.6) is 0 Å². The van der Waals surface area contributed by atoms with Crippen molar-refractivity contribution in [3.63, 3.8) is 0 Å². The molecule has 2 aromatic heterocycles. The quantitative estimate of drug-likeness (QED) is 0.731. The zero-order chi connectivity index (χ0) is 15.0. The van der Waals surface area contributed by atoms with Crippen LogP contribution in [0, 0.1) is 0 Å². The molecule has 8 nitrogen and oxygen atoms in total. The van der Waals surface area contributed by atoms with Gasteiger partial charge in [-0.3, -0.25) is 14.2 Å². The average Bonchev–Trinajstić information content (AvgIpc) is 3.03. The lowest BCUT2D eigenvalue weighted by molar-refractivity contribution is -0.141. The van der Waals surface area contributed by atoms with Crippen molar-refractivity contribution >= 4 is 5.97 Å². The third-order valence-corrected chi connectivity index (χ3v) is 3.68. The molecule has 0 amide bonds. The van der Waals surface area contributed by atoms with Gasteiger partial charge >= 0.3 is 5.97 Å². The summed E-state index contributed by atoms with van der Waals surface area (Å²) < 4.78 is 8.12. The van der Waals surface area contributed by atoms with Gasteiger partial charge in [0.15, 0.2) is 0 Å². The molecule has 21 heavy (non-hydrogen) atoms. The Balaban J connectivity index is 2.05. The van der Waals surface area contributed by atoms with Gasteiger partial charge in [0.25, 0.3) is 0 Å². The number of carbonyl (C=O) groups is 1. The number of aromatic nitrogens is 5. The van der Waals surface area contributed by atoms with E-state index in [1.165, 1.54) is 7.11 Å². The highest BCUT2D eigenvalue weighted by Gasteiger charge is 2.26. The van der Waals surface area contributed by atoms with Crippen molar-refractivity contribution in [3.8, 4) is 11.4 Å². The number of methoxy groups -OCH3 is 1. The summed E-state index contributed by atoms with van der Waals surface area (Å²) in [5, 5.41) is 12.7. The van der Waals surface area contributed by atoms with Crippen LogP contribution in [0.3, 0.4) is 0 Å². The predicted octanol–water partition coefficient (Wildman–Crippen LogP) is -0.161. The molecule has 112 valence electrons. The molecule has 0 aromatic carbocycles. The van der Waals surface area contributed by atoms with Gasteiger partial charge in [-0.1, -0.05) is 5.21 Å². The van der Waals surface area contributed by atoms with E-state index in [1.54, 1.807) is 9.36 Å². The minimum atomic E-state index is -0.301. The second kappa shape index (κ2) is 5.28. The molecule has 0 saturated heterocycles. The normalized spacial score (nSPS) is 15.0. The minimum absolute atomic E-state index is 0.128. The Morgan fingerprint density at radius 3 is 2.90 bits per heavy atom. The summed E-state index contributed by atoms with van der Waals surface area (Å²) >= 11 is 0. The molecular weight excluding hydrogens is 272 g/mol. The Labute approximate surface area is 122 Å². The molecule has 0 aliphatic carbocycles. The third kappa shape index (κ3) is 2.54. The molecule has 3 rings (SSSR count). The molecule has 0 bridgehead atoms. The van der Waals surface area contributed by atoms with Crippen molar-refractivity contribution < 1.29 is 9.53 Å². The summed E-state index contributed by atoms with van der Waals surface area (Å²) in [6.07, 6.45) is 2.69. The molecule has 1 aliphatic rings. The molecule has 0 saturated carbocycles. The van der Waals surface area contributed by atoms with Gasteiger partial charge in [0.1, 0.15) is 17.9 Å². The lowest BCUT2D eigenvalue weighted by Crippen LogP contribution is -2.28. The number of ether oxygens (including phenoxy) is 1. The Hall–Kier alpha value is -2.22. The van der Waals surface area contributed by atoms with Gasteiger partial charge in [0, 0.05) is 37.8 Å². The maximum atomic E-state index is 11.6. The van der Waals surface area contributed by atoms with Gasteiger partial charge in [-0.15, -0.1) is 5.10 Å². The van der Waals surface area contributed by atoms with Gasteiger partial charge < -0.3 is 9.64 Å². The van der Waals surface area contributed by atoms with Crippen molar-refractivity contribution in [2.75, 3.05) is 20.7 Å². The third-order valence-electron chi connectivity index (χ3n) is 3.68. The number of hydrogen-bond acceptors (Lipinski definition) is 6. The summed E-state index contributed by atoms with van der Waals surface area (Å²) in [4.78, 5) is 13.8. The first-order valence-electron chi connectivity index (χ1n) is 6.79. The van der Waals surface area contributed by atoms with Gasteiger partial charge in [-0.2, -0.15) is 5.10 Å². The number of fused-ring (bicyclic) bond motifs is 1. The first-order chi connectivity index (χ1) is 10.1. The van der Waals surface area contributed by atoms with Crippen molar-refractivity contribution in [2.24, 2.45) is 7.05 Å². The minimum Gasteiger partial charge on any atom is -0.468 e. The molecule has 0 unspecified atom stereocenters. The fraction of sp³-hybridized carbons (Fsp3) is 0.538. The lowest BCUT2D eigenvalue weighted by Gasteiger charge is -2.23. The summed E-state index contributed by atoms with van der Waals surface area (Å²) in [6.45, 7) is 1.87. The topological polar surface area (TPSA) is 78.1 Å². The second-order valence-electron chi connectivity index (χ2n) is 5.27. The van der Waals surface area contributed by atoms with E-state index in [0.717, 1.165) is 42.2 Å². The zero-order valence-corrected chi connectivity index (χ0v) is 12.4. The molecule has 2 aromatic rings. The maximum Gasteiger partial charge on any atom is 0.327 e. The highest BCUT2D eigenvalue weighted by Crippen LogP contribution is 2.28. The molecule has 0 fully saturated rings. The summed E-state index contributed by atoms with van der Waals surface area (Å²) in [5.41, 5.74) is 3.73. The van der Waals surface area contributed by atoms with E-state index >= 15 is 0 Å². The SMILES string of the molecule is COC(=O)Cn1nc(-c2cn(C)nn2)c2c1CCN(C)C2. The first kappa shape index (κ1) is 13.7. The molecular formula is C13H18N6O2. The Bertz CT molecular complexity index is 674. The van der Waals surface area contributed by atoms with E-state index in [4.69, 9.17) is 4.74 Å². The van der Waals surface area contributed by atoms with Crippen LogP contribution in [0.25, 0.3) is 11.4 Å². The smallest absolute Gasteiger partial charge is 0.327 e. The fourth-order valence-electron chi connectivity index (χ4n) is 2.60. The zero-order valence-electron chi connectivity index (χ0n) is 12.4. The van der Waals surface area contributed by atoms with Gasteiger partial charge in [0.2, 0.25) is 0 Å². The number of hydrogen-bond donors (Lipinski definition) is 0. The first-order valence-corrected chi connectivity index (χ1v) is 6.79. The van der Waals surface area contributed by atoms with E-state index in [-0.39, 0.29) is 12.5 Å². The second-order valence-corrected chi connectivity index (χ2v) is 5.27. The molecule has 0 spiro atoms. The molecule has 0 radical (unpaired) electrons. The molecule has 3 heterocycles. The molecule has 0 N–H and O–H groups in total. The monoisotopic (exact) mass is 290 g/mol. The Morgan fingerprint density at radius 1 is 1.43 bits per heavy atom. The van der Waals surface area contributed by atoms with Crippen LogP contribution in [0.2, 0.25) is 0 Å².